The average Bonchev–Trinajstić information content (AvgIpc) is 2.84. The zero-order valence-corrected chi connectivity index (χ0v) is 14.3. The molecule has 0 saturated carbocycles. The number of hydrogen-bond donors (Lipinski definition) is 1. The minimum atomic E-state index is 0.411. The fraction of sp³-hybridized carbons (Fsp3) is 0.667. The summed E-state index contributed by atoms with van der Waals surface area (Å²) < 4.78 is 0. The van der Waals surface area contributed by atoms with Crippen LogP contribution < -0.4 is 5.32 Å². The highest BCUT2D eigenvalue weighted by Gasteiger charge is 2.22. The fourth-order valence-electron chi connectivity index (χ4n) is 3.48. The molecule has 1 aromatic rings. The molecule has 2 rings (SSSR count). The highest BCUT2D eigenvalue weighted by Crippen LogP contribution is 2.21. The lowest BCUT2D eigenvalue weighted by Crippen LogP contribution is -2.35. The number of benzene rings is 1. The maximum absolute atomic E-state index is 3.50. The third-order valence-electron chi connectivity index (χ3n) is 4.71. The number of hydrogen-bond acceptors (Lipinski definition) is 3. The first-order valence-electron chi connectivity index (χ1n) is 8.11. The van der Waals surface area contributed by atoms with Crippen molar-refractivity contribution in [3.63, 3.8) is 0 Å². The molecule has 21 heavy (non-hydrogen) atoms. The summed E-state index contributed by atoms with van der Waals surface area (Å²) in [5.74, 6) is 0.830. The first kappa shape index (κ1) is 16.5. The van der Waals surface area contributed by atoms with Gasteiger partial charge in [0.15, 0.2) is 0 Å². The largest absolute Gasteiger partial charge is 0.312 e. The minimum Gasteiger partial charge on any atom is -0.312 e. The van der Waals surface area contributed by atoms with Crippen molar-refractivity contribution in [2.24, 2.45) is 5.92 Å². The molecule has 0 aromatic heterocycles. The zero-order chi connectivity index (χ0) is 15.4. The Morgan fingerprint density at radius 3 is 2.76 bits per heavy atom. The number of rotatable bonds is 6. The van der Waals surface area contributed by atoms with Crippen molar-refractivity contribution in [2.75, 3.05) is 47.3 Å². The van der Waals surface area contributed by atoms with Gasteiger partial charge in [0, 0.05) is 25.7 Å². The quantitative estimate of drug-likeness (QED) is 0.868. The SMILES string of the molecule is CNC(CN(C)CC1CCN(C)C1)c1cc(C)ccc1C. The first-order valence-corrected chi connectivity index (χ1v) is 8.11. The van der Waals surface area contributed by atoms with Gasteiger partial charge in [-0.05, 0) is 65.0 Å². The molecule has 3 nitrogen and oxygen atoms in total. The number of nitrogens with one attached hydrogen (secondary N) is 1. The molecule has 2 atom stereocenters. The van der Waals surface area contributed by atoms with Crippen LogP contribution in [-0.4, -0.2) is 57.1 Å². The second-order valence-corrected chi connectivity index (χ2v) is 6.84. The topological polar surface area (TPSA) is 18.5 Å². The van der Waals surface area contributed by atoms with Gasteiger partial charge in [-0.2, -0.15) is 0 Å². The van der Waals surface area contributed by atoms with E-state index in [4.69, 9.17) is 0 Å². The van der Waals surface area contributed by atoms with E-state index in [-0.39, 0.29) is 0 Å². The Kier molecular flexibility index (Phi) is 5.80. The van der Waals surface area contributed by atoms with Gasteiger partial charge in [0.05, 0.1) is 0 Å². The van der Waals surface area contributed by atoms with Crippen LogP contribution in [0.1, 0.15) is 29.2 Å². The smallest absolute Gasteiger partial charge is 0.0449 e. The first-order chi connectivity index (χ1) is 9.99. The summed E-state index contributed by atoms with van der Waals surface area (Å²) in [6.07, 6.45) is 1.34. The summed E-state index contributed by atoms with van der Waals surface area (Å²) in [7, 11) is 6.56. The molecule has 1 aliphatic heterocycles. The van der Waals surface area contributed by atoms with E-state index in [1.54, 1.807) is 0 Å². The van der Waals surface area contributed by atoms with E-state index in [9.17, 15) is 0 Å². The van der Waals surface area contributed by atoms with E-state index in [2.05, 4.69) is 68.3 Å². The van der Waals surface area contributed by atoms with Crippen LogP contribution in [0.5, 0.6) is 0 Å². The Hall–Kier alpha value is -0.900. The van der Waals surface area contributed by atoms with Crippen LogP contribution in [0.2, 0.25) is 0 Å². The van der Waals surface area contributed by atoms with Gasteiger partial charge >= 0.3 is 0 Å². The highest BCUT2D eigenvalue weighted by molar-refractivity contribution is 5.33. The van der Waals surface area contributed by atoms with Gasteiger partial charge in [-0.15, -0.1) is 0 Å². The van der Waals surface area contributed by atoms with Crippen molar-refractivity contribution >= 4 is 0 Å². The van der Waals surface area contributed by atoms with Gasteiger partial charge in [0.1, 0.15) is 0 Å². The second kappa shape index (κ2) is 7.39. The van der Waals surface area contributed by atoms with Crippen LogP contribution in [0.4, 0.5) is 0 Å². The van der Waals surface area contributed by atoms with Crippen LogP contribution in [0.25, 0.3) is 0 Å². The molecule has 0 bridgehead atoms. The summed E-state index contributed by atoms with van der Waals surface area (Å²) in [6.45, 7) is 9.16. The molecule has 0 amide bonds. The number of nitrogens with zero attached hydrogens (tertiary/aromatic N) is 2. The Labute approximate surface area is 130 Å². The summed E-state index contributed by atoms with van der Waals surface area (Å²) >= 11 is 0. The van der Waals surface area contributed by atoms with Crippen LogP contribution in [0.3, 0.4) is 0 Å². The average molecular weight is 289 g/mol. The van der Waals surface area contributed by atoms with Gasteiger partial charge < -0.3 is 15.1 Å². The van der Waals surface area contributed by atoms with Crippen molar-refractivity contribution in [1.29, 1.82) is 0 Å². The fourth-order valence-corrected chi connectivity index (χ4v) is 3.48. The molecule has 1 fully saturated rings. The molecule has 1 N–H and O–H groups in total. The summed E-state index contributed by atoms with van der Waals surface area (Å²) in [6, 6.07) is 7.17. The predicted molar refractivity (Wildman–Crippen MR) is 90.8 cm³/mol. The maximum atomic E-state index is 3.50. The van der Waals surface area contributed by atoms with Crippen LogP contribution in [-0.2, 0) is 0 Å². The maximum Gasteiger partial charge on any atom is 0.0449 e. The third-order valence-corrected chi connectivity index (χ3v) is 4.71. The number of likely N-dealkylation sites (N-methyl/N-ethyl adjacent to an activating group) is 2. The van der Waals surface area contributed by atoms with Gasteiger partial charge in [-0.3, -0.25) is 0 Å². The molecular formula is C18H31N3. The van der Waals surface area contributed by atoms with E-state index in [0.717, 1.165) is 12.5 Å². The molecule has 3 heteroatoms. The van der Waals surface area contributed by atoms with Gasteiger partial charge in [0.2, 0.25) is 0 Å². The van der Waals surface area contributed by atoms with Crippen LogP contribution in [0, 0.1) is 19.8 Å². The van der Waals surface area contributed by atoms with Crippen molar-refractivity contribution in [2.45, 2.75) is 26.3 Å². The lowest BCUT2D eigenvalue weighted by Gasteiger charge is -2.27. The lowest BCUT2D eigenvalue weighted by molar-refractivity contribution is 0.250. The van der Waals surface area contributed by atoms with E-state index in [0.29, 0.717) is 6.04 Å². The van der Waals surface area contributed by atoms with E-state index >= 15 is 0 Å². The zero-order valence-electron chi connectivity index (χ0n) is 14.3. The number of likely N-dealkylation sites (tertiary alicyclic amines) is 1. The summed E-state index contributed by atoms with van der Waals surface area (Å²) in [5, 5.41) is 3.50. The standard InChI is InChI=1S/C18H31N3/c1-14-6-7-15(2)17(10-14)18(19-3)13-21(5)12-16-8-9-20(4)11-16/h6-7,10,16,18-19H,8-9,11-13H2,1-5H3. The van der Waals surface area contributed by atoms with Crippen LogP contribution in [0.15, 0.2) is 18.2 Å². The summed E-state index contributed by atoms with van der Waals surface area (Å²) in [5.41, 5.74) is 4.16. The molecule has 118 valence electrons. The van der Waals surface area contributed by atoms with E-state index in [1.807, 2.05) is 0 Å². The van der Waals surface area contributed by atoms with E-state index < -0.39 is 0 Å². The van der Waals surface area contributed by atoms with Gasteiger partial charge in [0.25, 0.3) is 0 Å². The normalized spacial score (nSPS) is 21.1. The van der Waals surface area contributed by atoms with Gasteiger partial charge in [-0.25, -0.2) is 0 Å². The molecular weight excluding hydrogens is 258 g/mol. The molecule has 0 aliphatic carbocycles. The second-order valence-electron chi connectivity index (χ2n) is 6.84. The van der Waals surface area contributed by atoms with Crippen molar-refractivity contribution in [1.82, 2.24) is 15.1 Å². The lowest BCUT2D eigenvalue weighted by atomic mass is 9.98. The van der Waals surface area contributed by atoms with E-state index in [1.165, 1.54) is 42.7 Å². The van der Waals surface area contributed by atoms with Crippen molar-refractivity contribution in [3.05, 3.63) is 34.9 Å². The summed E-state index contributed by atoms with van der Waals surface area (Å²) in [4.78, 5) is 4.94. The highest BCUT2D eigenvalue weighted by atomic mass is 15.2. The predicted octanol–water partition coefficient (Wildman–Crippen LogP) is 2.45. The third kappa shape index (κ3) is 4.53. The monoisotopic (exact) mass is 289 g/mol. The Balaban J connectivity index is 1.96. The Morgan fingerprint density at radius 1 is 1.38 bits per heavy atom. The van der Waals surface area contributed by atoms with Crippen molar-refractivity contribution in [3.8, 4) is 0 Å². The number of aryl methyl sites for hydroxylation is 2. The molecule has 1 aromatic carbocycles. The molecule has 0 radical (unpaired) electrons. The van der Waals surface area contributed by atoms with Crippen LogP contribution >= 0.6 is 0 Å². The Bertz CT molecular complexity index is 458. The molecule has 2 unspecified atom stereocenters. The Morgan fingerprint density at radius 2 is 2.14 bits per heavy atom. The molecule has 1 saturated heterocycles. The van der Waals surface area contributed by atoms with Crippen molar-refractivity contribution < 1.29 is 0 Å². The van der Waals surface area contributed by atoms with Gasteiger partial charge in [-0.1, -0.05) is 23.8 Å². The minimum absolute atomic E-state index is 0.411. The molecule has 1 heterocycles. The molecule has 1 aliphatic rings. The molecule has 0 spiro atoms.